The van der Waals surface area contributed by atoms with Crippen molar-refractivity contribution in [2.75, 3.05) is 7.11 Å². The highest BCUT2D eigenvalue weighted by Gasteiger charge is 2.16. The number of ether oxygens (including phenoxy) is 1. The zero-order chi connectivity index (χ0) is 20.4. The number of fused-ring (bicyclic) bond motifs is 1. The number of methoxy groups -OCH3 is 1. The number of hydrogen-bond donors (Lipinski definition) is 0. The van der Waals surface area contributed by atoms with Crippen LogP contribution in [-0.2, 0) is 16.0 Å². The standard InChI is InChI=1S/C22H21FN2O3/c1-5-19-24-18-12-17(23)15(9-10-20(26)28-4)11-16(18)22(27)25(19)21-13(2)7-6-8-14(21)3/h6-12H,5H2,1-4H3/b10-9+. The quantitative estimate of drug-likeness (QED) is 0.509. The molecule has 1 aromatic heterocycles. The molecule has 3 rings (SSSR count). The Bertz CT molecular complexity index is 1140. The van der Waals surface area contributed by atoms with E-state index in [1.807, 2.05) is 39.0 Å². The first-order valence-corrected chi connectivity index (χ1v) is 8.95. The second-order valence-electron chi connectivity index (χ2n) is 6.51. The number of carbonyl (C=O) groups is 1. The van der Waals surface area contributed by atoms with E-state index in [0.29, 0.717) is 12.2 Å². The minimum Gasteiger partial charge on any atom is -0.466 e. The lowest BCUT2D eigenvalue weighted by atomic mass is 10.1. The first-order chi connectivity index (χ1) is 13.4. The van der Waals surface area contributed by atoms with E-state index in [-0.39, 0.29) is 22.0 Å². The molecule has 0 N–H and O–H groups in total. The van der Waals surface area contributed by atoms with Crippen LogP contribution in [0.15, 0.2) is 41.2 Å². The second kappa shape index (κ2) is 7.76. The lowest BCUT2D eigenvalue weighted by Crippen LogP contribution is -2.25. The van der Waals surface area contributed by atoms with Gasteiger partial charge >= 0.3 is 5.97 Å². The average Bonchev–Trinajstić information content (AvgIpc) is 2.67. The number of rotatable bonds is 4. The van der Waals surface area contributed by atoms with Crippen molar-refractivity contribution in [3.63, 3.8) is 0 Å². The summed E-state index contributed by atoms with van der Waals surface area (Å²) in [5.41, 5.74) is 2.82. The van der Waals surface area contributed by atoms with E-state index in [1.165, 1.54) is 25.3 Å². The first kappa shape index (κ1) is 19.5. The van der Waals surface area contributed by atoms with Gasteiger partial charge in [0.15, 0.2) is 0 Å². The fraction of sp³-hybridized carbons (Fsp3) is 0.227. The zero-order valence-corrected chi connectivity index (χ0v) is 16.2. The van der Waals surface area contributed by atoms with Crippen molar-refractivity contribution in [2.45, 2.75) is 27.2 Å². The average molecular weight is 380 g/mol. The molecule has 0 bridgehead atoms. The largest absolute Gasteiger partial charge is 0.466 e. The van der Waals surface area contributed by atoms with Crippen LogP contribution < -0.4 is 5.56 Å². The molecule has 144 valence electrons. The smallest absolute Gasteiger partial charge is 0.330 e. The summed E-state index contributed by atoms with van der Waals surface area (Å²) in [6.45, 7) is 5.78. The van der Waals surface area contributed by atoms with E-state index < -0.39 is 11.8 Å². The third kappa shape index (κ3) is 3.45. The maximum absolute atomic E-state index is 14.4. The van der Waals surface area contributed by atoms with Crippen molar-refractivity contribution in [1.82, 2.24) is 9.55 Å². The molecule has 0 aliphatic heterocycles. The molecule has 0 radical (unpaired) electrons. The molecule has 0 saturated carbocycles. The molecule has 5 nitrogen and oxygen atoms in total. The van der Waals surface area contributed by atoms with Crippen molar-refractivity contribution in [3.05, 3.63) is 75.1 Å². The molecular weight excluding hydrogens is 359 g/mol. The number of hydrogen-bond acceptors (Lipinski definition) is 4. The summed E-state index contributed by atoms with van der Waals surface area (Å²) in [5.74, 6) is -0.606. The van der Waals surface area contributed by atoms with Gasteiger partial charge in [0, 0.05) is 24.1 Å². The van der Waals surface area contributed by atoms with Crippen LogP contribution in [0.3, 0.4) is 0 Å². The van der Waals surface area contributed by atoms with Crippen molar-refractivity contribution < 1.29 is 13.9 Å². The Morgan fingerprint density at radius 1 is 1.25 bits per heavy atom. The molecule has 6 heteroatoms. The van der Waals surface area contributed by atoms with Crippen molar-refractivity contribution in [2.24, 2.45) is 0 Å². The van der Waals surface area contributed by atoms with Gasteiger partial charge < -0.3 is 4.74 Å². The highest BCUT2D eigenvalue weighted by atomic mass is 19.1. The van der Waals surface area contributed by atoms with Gasteiger partial charge in [-0.1, -0.05) is 25.1 Å². The third-order valence-corrected chi connectivity index (χ3v) is 4.64. The van der Waals surface area contributed by atoms with Gasteiger partial charge in [-0.15, -0.1) is 0 Å². The number of aryl methyl sites for hydroxylation is 3. The third-order valence-electron chi connectivity index (χ3n) is 4.64. The van der Waals surface area contributed by atoms with Crippen LogP contribution in [0.5, 0.6) is 0 Å². The normalized spacial score (nSPS) is 11.3. The van der Waals surface area contributed by atoms with E-state index in [1.54, 1.807) is 4.57 Å². The molecule has 0 fully saturated rings. The summed E-state index contributed by atoms with van der Waals surface area (Å²) >= 11 is 0. The van der Waals surface area contributed by atoms with E-state index >= 15 is 0 Å². The summed E-state index contributed by atoms with van der Waals surface area (Å²) < 4.78 is 20.6. The number of esters is 1. The van der Waals surface area contributed by atoms with Gasteiger partial charge in [0.2, 0.25) is 0 Å². The lowest BCUT2D eigenvalue weighted by Gasteiger charge is -2.17. The maximum Gasteiger partial charge on any atom is 0.330 e. The number of halogens is 1. The van der Waals surface area contributed by atoms with Crippen LogP contribution in [0, 0.1) is 19.7 Å². The molecule has 0 aliphatic carbocycles. The number of benzene rings is 2. The van der Waals surface area contributed by atoms with Crippen LogP contribution in [0.1, 0.15) is 29.4 Å². The monoisotopic (exact) mass is 380 g/mol. The van der Waals surface area contributed by atoms with Gasteiger partial charge in [-0.25, -0.2) is 14.2 Å². The molecule has 0 saturated heterocycles. The predicted molar refractivity (Wildman–Crippen MR) is 107 cm³/mol. The Kier molecular flexibility index (Phi) is 5.40. The fourth-order valence-electron chi connectivity index (χ4n) is 3.25. The van der Waals surface area contributed by atoms with Gasteiger partial charge in [0.1, 0.15) is 11.6 Å². The summed E-state index contributed by atoms with van der Waals surface area (Å²) in [6, 6.07) is 8.45. The highest BCUT2D eigenvalue weighted by molar-refractivity contribution is 5.88. The van der Waals surface area contributed by atoms with E-state index in [9.17, 15) is 14.0 Å². The second-order valence-corrected chi connectivity index (χ2v) is 6.51. The lowest BCUT2D eigenvalue weighted by molar-refractivity contribution is -0.134. The molecule has 0 spiro atoms. The van der Waals surface area contributed by atoms with E-state index in [0.717, 1.165) is 22.9 Å². The summed E-state index contributed by atoms with van der Waals surface area (Å²) in [6.07, 6.45) is 2.92. The zero-order valence-electron chi connectivity index (χ0n) is 16.2. The summed E-state index contributed by atoms with van der Waals surface area (Å²) in [4.78, 5) is 29.2. The Morgan fingerprint density at radius 3 is 2.54 bits per heavy atom. The van der Waals surface area contributed by atoms with Gasteiger partial charge in [0.05, 0.1) is 23.7 Å². The molecule has 3 aromatic rings. The van der Waals surface area contributed by atoms with Gasteiger partial charge in [-0.2, -0.15) is 0 Å². The minimum absolute atomic E-state index is 0.120. The van der Waals surface area contributed by atoms with Gasteiger partial charge in [-0.05, 0) is 37.1 Å². The fourth-order valence-corrected chi connectivity index (χ4v) is 3.25. The SMILES string of the molecule is CCc1nc2cc(F)c(/C=C/C(=O)OC)cc2c(=O)n1-c1c(C)cccc1C. The van der Waals surface area contributed by atoms with Crippen LogP contribution in [0.25, 0.3) is 22.7 Å². The maximum atomic E-state index is 14.4. The Morgan fingerprint density at radius 2 is 1.93 bits per heavy atom. The molecule has 0 atom stereocenters. The molecule has 0 unspecified atom stereocenters. The van der Waals surface area contributed by atoms with Crippen LogP contribution >= 0.6 is 0 Å². The first-order valence-electron chi connectivity index (χ1n) is 8.95. The molecule has 0 aliphatic rings. The number of nitrogens with zero attached hydrogens (tertiary/aromatic N) is 2. The Hall–Kier alpha value is -3.28. The molecule has 2 aromatic carbocycles. The van der Waals surface area contributed by atoms with Crippen LogP contribution in [0.4, 0.5) is 4.39 Å². The number of para-hydroxylation sites is 1. The molecule has 28 heavy (non-hydrogen) atoms. The number of aromatic nitrogens is 2. The van der Waals surface area contributed by atoms with Crippen molar-refractivity contribution in [3.8, 4) is 5.69 Å². The Labute approximate surface area is 162 Å². The Balaban J connectivity index is 2.33. The highest BCUT2D eigenvalue weighted by Crippen LogP contribution is 2.22. The minimum atomic E-state index is -0.605. The predicted octanol–water partition coefficient (Wildman–Crippen LogP) is 3.89. The number of carbonyl (C=O) groups excluding carboxylic acids is 1. The van der Waals surface area contributed by atoms with Crippen molar-refractivity contribution >= 4 is 22.9 Å². The van der Waals surface area contributed by atoms with Crippen LogP contribution in [0.2, 0.25) is 0 Å². The van der Waals surface area contributed by atoms with Crippen LogP contribution in [-0.4, -0.2) is 22.6 Å². The van der Waals surface area contributed by atoms with E-state index in [4.69, 9.17) is 0 Å². The molecular formula is C22H21FN2O3. The molecule has 0 amide bonds. The van der Waals surface area contributed by atoms with E-state index in [2.05, 4.69) is 9.72 Å². The molecule has 1 heterocycles. The summed E-state index contributed by atoms with van der Waals surface area (Å²) in [5, 5.41) is 0.283. The summed E-state index contributed by atoms with van der Waals surface area (Å²) in [7, 11) is 1.24. The van der Waals surface area contributed by atoms with Gasteiger partial charge in [-0.3, -0.25) is 9.36 Å². The topological polar surface area (TPSA) is 61.2 Å². The van der Waals surface area contributed by atoms with Gasteiger partial charge in [0.25, 0.3) is 5.56 Å². The van der Waals surface area contributed by atoms with Crippen molar-refractivity contribution in [1.29, 1.82) is 0 Å².